The first kappa shape index (κ1) is 10.8. The van der Waals surface area contributed by atoms with Gasteiger partial charge in [0, 0.05) is 11.6 Å². The minimum Gasteiger partial charge on any atom is -0.485 e. The topological polar surface area (TPSA) is 48.4 Å². The van der Waals surface area contributed by atoms with E-state index in [0.717, 1.165) is 17.1 Å². The van der Waals surface area contributed by atoms with Gasteiger partial charge in [-0.1, -0.05) is 18.2 Å². The Balaban J connectivity index is 2.09. The predicted octanol–water partition coefficient (Wildman–Crippen LogP) is 2.88. The van der Waals surface area contributed by atoms with Gasteiger partial charge < -0.3 is 14.9 Å². The molecule has 1 aromatic carbocycles. The molecule has 0 saturated carbocycles. The third-order valence-corrected chi connectivity index (χ3v) is 2.36. The first-order valence-corrected chi connectivity index (χ1v) is 5.27. The van der Waals surface area contributed by atoms with Crippen LogP contribution in [0.2, 0.25) is 0 Å². The molecule has 1 heterocycles. The average Bonchev–Trinajstić information content (AvgIpc) is 2.79. The van der Waals surface area contributed by atoms with Crippen LogP contribution in [-0.2, 0) is 6.61 Å². The number of nitrogens with two attached hydrogens (primary N) is 1. The standard InChI is InChI=1S/C13H15NO2/c1-10(14)12-6-2-3-7-13(12)16-9-11-5-4-8-15-11/h2-8,10H,9,14H2,1H3/t10-/m0/s1. The van der Waals surface area contributed by atoms with Gasteiger partial charge in [-0.15, -0.1) is 0 Å². The molecular formula is C13H15NO2. The summed E-state index contributed by atoms with van der Waals surface area (Å²) < 4.78 is 10.9. The van der Waals surface area contributed by atoms with Gasteiger partial charge in [0.05, 0.1) is 6.26 Å². The molecular weight excluding hydrogens is 202 g/mol. The first-order valence-electron chi connectivity index (χ1n) is 5.27. The largest absolute Gasteiger partial charge is 0.485 e. The van der Waals surface area contributed by atoms with Crippen LogP contribution in [-0.4, -0.2) is 0 Å². The molecule has 1 aromatic heterocycles. The Hall–Kier alpha value is -1.74. The van der Waals surface area contributed by atoms with Crippen LogP contribution in [0.25, 0.3) is 0 Å². The second-order valence-electron chi connectivity index (χ2n) is 3.69. The summed E-state index contributed by atoms with van der Waals surface area (Å²) in [5.41, 5.74) is 6.87. The van der Waals surface area contributed by atoms with Crippen molar-refractivity contribution in [2.45, 2.75) is 19.6 Å². The van der Waals surface area contributed by atoms with E-state index in [1.807, 2.05) is 43.3 Å². The summed E-state index contributed by atoms with van der Waals surface area (Å²) in [5, 5.41) is 0. The molecule has 3 heteroatoms. The number of hydrogen-bond donors (Lipinski definition) is 1. The molecule has 2 N–H and O–H groups in total. The highest BCUT2D eigenvalue weighted by atomic mass is 16.5. The third kappa shape index (κ3) is 2.44. The summed E-state index contributed by atoms with van der Waals surface area (Å²) >= 11 is 0. The minimum atomic E-state index is -0.0344. The molecule has 1 atom stereocenters. The second kappa shape index (κ2) is 4.86. The van der Waals surface area contributed by atoms with Crippen LogP contribution in [0.15, 0.2) is 47.1 Å². The van der Waals surface area contributed by atoms with Crippen molar-refractivity contribution in [3.05, 3.63) is 54.0 Å². The molecule has 2 aromatic rings. The van der Waals surface area contributed by atoms with Crippen molar-refractivity contribution in [1.82, 2.24) is 0 Å². The van der Waals surface area contributed by atoms with Crippen molar-refractivity contribution in [2.24, 2.45) is 5.73 Å². The van der Waals surface area contributed by atoms with Crippen molar-refractivity contribution in [3.63, 3.8) is 0 Å². The number of rotatable bonds is 4. The van der Waals surface area contributed by atoms with Gasteiger partial charge in [0.25, 0.3) is 0 Å². The molecule has 16 heavy (non-hydrogen) atoms. The Morgan fingerprint density at radius 1 is 1.25 bits per heavy atom. The number of ether oxygens (including phenoxy) is 1. The average molecular weight is 217 g/mol. The highest BCUT2D eigenvalue weighted by Gasteiger charge is 2.07. The maximum absolute atomic E-state index is 5.86. The van der Waals surface area contributed by atoms with E-state index in [-0.39, 0.29) is 6.04 Å². The van der Waals surface area contributed by atoms with Crippen LogP contribution in [0.5, 0.6) is 5.75 Å². The van der Waals surface area contributed by atoms with Crippen LogP contribution >= 0.6 is 0 Å². The molecule has 0 unspecified atom stereocenters. The summed E-state index contributed by atoms with van der Waals surface area (Å²) in [7, 11) is 0. The fourth-order valence-corrected chi connectivity index (χ4v) is 1.53. The Bertz CT molecular complexity index is 435. The highest BCUT2D eigenvalue weighted by Crippen LogP contribution is 2.24. The van der Waals surface area contributed by atoms with E-state index in [2.05, 4.69) is 0 Å². The van der Waals surface area contributed by atoms with Crippen LogP contribution < -0.4 is 10.5 Å². The number of para-hydroxylation sites is 1. The number of hydrogen-bond acceptors (Lipinski definition) is 3. The smallest absolute Gasteiger partial charge is 0.146 e. The fraction of sp³-hybridized carbons (Fsp3) is 0.231. The second-order valence-corrected chi connectivity index (χ2v) is 3.69. The van der Waals surface area contributed by atoms with Gasteiger partial charge in [-0.25, -0.2) is 0 Å². The van der Waals surface area contributed by atoms with Gasteiger partial charge in [0.2, 0.25) is 0 Å². The quantitative estimate of drug-likeness (QED) is 0.856. The van der Waals surface area contributed by atoms with Crippen LogP contribution in [0.1, 0.15) is 24.3 Å². The Kier molecular flexibility index (Phi) is 3.27. The van der Waals surface area contributed by atoms with Gasteiger partial charge in [-0.05, 0) is 25.1 Å². The maximum Gasteiger partial charge on any atom is 0.146 e. The molecule has 0 aliphatic heterocycles. The van der Waals surface area contributed by atoms with Gasteiger partial charge >= 0.3 is 0 Å². The fourth-order valence-electron chi connectivity index (χ4n) is 1.53. The molecule has 2 rings (SSSR count). The van der Waals surface area contributed by atoms with Crippen molar-refractivity contribution < 1.29 is 9.15 Å². The normalized spacial score (nSPS) is 12.4. The predicted molar refractivity (Wildman–Crippen MR) is 62.1 cm³/mol. The maximum atomic E-state index is 5.86. The van der Waals surface area contributed by atoms with Gasteiger partial charge in [-0.3, -0.25) is 0 Å². The van der Waals surface area contributed by atoms with Crippen LogP contribution in [0.4, 0.5) is 0 Å². The lowest BCUT2D eigenvalue weighted by Crippen LogP contribution is -2.07. The van der Waals surface area contributed by atoms with Gasteiger partial charge in [-0.2, -0.15) is 0 Å². The summed E-state index contributed by atoms with van der Waals surface area (Å²) in [6, 6.07) is 11.5. The summed E-state index contributed by atoms with van der Waals surface area (Å²) in [4.78, 5) is 0. The van der Waals surface area contributed by atoms with Crippen molar-refractivity contribution >= 4 is 0 Å². The Morgan fingerprint density at radius 2 is 2.06 bits per heavy atom. The van der Waals surface area contributed by atoms with E-state index < -0.39 is 0 Å². The third-order valence-electron chi connectivity index (χ3n) is 2.36. The highest BCUT2D eigenvalue weighted by molar-refractivity contribution is 5.35. The van der Waals surface area contributed by atoms with Gasteiger partial charge in [0.15, 0.2) is 0 Å². The van der Waals surface area contributed by atoms with Crippen molar-refractivity contribution in [3.8, 4) is 5.75 Å². The van der Waals surface area contributed by atoms with E-state index in [1.165, 1.54) is 0 Å². The molecule has 0 spiro atoms. The zero-order valence-electron chi connectivity index (χ0n) is 9.22. The number of benzene rings is 1. The lowest BCUT2D eigenvalue weighted by molar-refractivity contribution is 0.267. The molecule has 0 bridgehead atoms. The van der Waals surface area contributed by atoms with E-state index >= 15 is 0 Å². The molecule has 0 saturated heterocycles. The van der Waals surface area contributed by atoms with Crippen LogP contribution in [0, 0.1) is 0 Å². The van der Waals surface area contributed by atoms with E-state index in [9.17, 15) is 0 Å². The molecule has 0 aliphatic carbocycles. The SMILES string of the molecule is C[C@H](N)c1ccccc1OCc1ccco1. The zero-order chi connectivity index (χ0) is 11.4. The minimum absolute atomic E-state index is 0.0344. The van der Waals surface area contributed by atoms with Gasteiger partial charge in [0.1, 0.15) is 18.1 Å². The van der Waals surface area contributed by atoms with E-state index in [4.69, 9.17) is 14.9 Å². The Morgan fingerprint density at radius 3 is 2.75 bits per heavy atom. The first-order chi connectivity index (χ1) is 7.77. The molecule has 0 amide bonds. The summed E-state index contributed by atoms with van der Waals surface area (Å²) in [6.07, 6.45) is 1.64. The molecule has 84 valence electrons. The zero-order valence-corrected chi connectivity index (χ0v) is 9.22. The van der Waals surface area contributed by atoms with Crippen molar-refractivity contribution in [1.29, 1.82) is 0 Å². The summed E-state index contributed by atoms with van der Waals surface area (Å²) in [5.74, 6) is 1.62. The van der Waals surface area contributed by atoms with E-state index in [0.29, 0.717) is 6.61 Å². The summed E-state index contributed by atoms with van der Waals surface area (Å²) in [6.45, 7) is 2.37. The van der Waals surface area contributed by atoms with Crippen LogP contribution in [0.3, 0.4) is 0 Å². The van der Waals surface area contributed by atoms with Crippen molar-refractivity contribution in [2.75, 3.05) is 0 Å². The molecule has 0 aliphatic rings. The van der Waals surface area contributed by atoms with E-state index in [1.54, 1.807) is 6.26 Å². The molecule has 3 nitrogen and oxygen atoms in total. The lowest BCUT2D eigenvalue weighted by atomic mass is 10.1. The monoisotopic (exact) mass is 217 g/mol. The lowest BCUT2D eigenvalue weighted by Gasteiger charge is -2.12. The Labute approximate surface area is 94.8 Å². The number of furan rings is 1. The molecule has 0 radical (unpaired) electrons. The molecule has 0 fully saturated rings.